The third-order valence-electron chi connectivity index (χ3n) is 4.91. The third-order valence-corrected chi connectivity index (χ3v) is 5.58. The molecule has 0 N–H and O–H groups in total. The predicted molar refractivity (Wildman–Crippen MR) is 111 cm³/mol. The molecule has 1 aliphatic carbocycles. The first kappa shape index (κ1) is 22.8. The Bertz CT molecular complexity index is 1080. The second-order valence-corrected chi connectivity index (χ2v) is 8.84. The zero-order valence-corrected chi connectivity index (χ0v) is 17.6. The summed E-state index contributed by atoms with van der Waals surface area (Å²) in [5, 5.41) is 0. The third kappa shape index (κ3) is 6.81. The van der Waals surface area contributed by atoms with Crippen molar-refractivity contribution in [2.75, 3.05) is 12.4 Å². The van der Waals surface area contributed by atoms with Crippen molar-refractivity contribution in [2.24, 2.45) is 0 Å². The zero-order valence-electron chi connectivity index (χ0n) is 16.8. The quantitative estimate of drug-likeness (QED) is 0.383. The van der Waals surface area contributed by atoms with Crippen LogP contribution in [-0.2, 0) is 14.9 Å². The molecule has 1 saturated carbocycles. The molecule has 1 aliphatic rings. The molecule has 2 aromatic carbocycles. The minimum Gasteiger partial charge on any atom is -0.748 e. The van der Waals surface area contributed by atoms with Crippen molar-refractivity contribution < 1.29 is 31.6 Å². The van der Waals surface area contributed by atoms with Crippen LogP contribution in [-0.4, -0.2) is 36.9 Å². The summed E-state index contributed by atoms with van der Waals surface area (Å²) in [7, 11) is -4.50. The van der Waals surface area contributed by atoms with Crippen molar-refractivity contribution in [1.82, 2.24) is 0 Å². The van der Waals surface area contributed by atoms with Crippen LogP contribution in [0, 0.1) is 17.7 Å². The number of hydrogen-bond acceptors (Lipinski definition) is 6. The van der Waals surface area contributed by atoms with E-state index in [1.165, 1.54) is 12.1 Å². The number of hydrogen-bond donors (Lipinski definition) is 0. The number of ether oxygens (including phenoxy) is 2. The Balaban J connectivity index is 1.80. The molecule has 0 aliphatic heterocycles. The Labute approximate surface area is 181 Å². The van der Waals surface area contributed by atoms with Crippen LogP contribution >= 0.6 is 0 Å². The van der Waals surface area contributed by atoms with Gasteiger partial charge in [-0.15, -0.1) is 0 Å². The SMILES string of the molecule is O=C(OCCS(=O)(=O)[O-])c1ccc(F)c(OC2(C#Cc3ccccc3)CCCCC2)c1. The second-order valence-electron chi connectivity index (χ2n) is 7.32. The van der Waals surface area contributed by atoms with Gasteiger partial charge in [-0.2, -0.15) is 0 Å². The van der Waals surface area contributed by atoms with Crippen molar-refractivity contribution in [3.63, 3.8) is 0 Å². The fraction of sp³-hybridized carbons (Fsp3) is 0.348. The molecule has 6 nitrogen and oxygen atoms in total. The van der Waals surface area contributed by atoms with Crippen LogP contribution in [0.3, 0.4) is 0 Å². The largest absolute Gasteiger partial charge is 0.748 e. The summed E-state index contributed by atoms with van der Waals surface area (Å²) in [5.41, 5.74) is -0.0717. The van der Waals surface area contributed by atoms with E-state index in [1.807, 2.05) is 30.3 Å². The molecule has 0 saturated heterocycles. The van der Waals surface area contributed by atoms with Gasteiger partial charge in [0.1, 0.15) is 6.61 Å². The van der Waals surface area contributed by atoms with Crippen LogP contribution in [0.25, 0.3) is 0 Å². The Morgan fingerprint density at radius 3 is 2.48 bits per heavy atom. The van der Waals surface area contributed by atoms with E-state index >= 15 is 0 Å². The smallest absolute Gasteiger partial charge is 0.338 e. The maximum Gasteiger partial charge on any atom is 0.338 e. The average Bonchev–Trinajstić information content (AvgIpc) is 2.74. The van der Waals surface area contributed by atoms with E-state index in [0.29, 0.717) is 12.8 Å². The van der Waals surface area contributed by atoms with E-state index in [9.17, 15) is 22.2 Å². The molecule has 1 fully saturated rings. The molecule has 0 heterocycles. The lowest BCUT2D eigenvalue weighted by Crippen LogP contribution is -2.37. The average molecular weight is 445 g/mol. The monoisotopic (exact) mass is 445 g/mol. The predicted octanol–water partition coefficient (Wildman–Crippen LogP) is 3.66. The number of esters is 1. The fourth-order valence-electron chi connectivity index (χ4n) is 3.32. The van der Waals surface area contributed by atoms with Gasteiger partial charge in [0.25, 0.3) is 0 Å². The highest BCUT2D eigenvalue weighted by Crippen LogP contribution is 2.34. The van der Waals surface area contributed by atoms with Gasteiger partial charge in [-0.1, -0.05) is 36.5 Å². The van der Waals surface area contributed by atoms with E-state index in [-0.39, 0.29) is 11.3 Å². The number of rotatable bonds is 6. The van der Waals surface area contributed by atoms with Gasteiger partial charge >= 0.3 is 5.97 Å². The lowest BCUT2D eigenvalue weighted by atomic mass is 9.84. The number of benzene rings is 2. The molecular weight excluding hydrogens is 423 g/mol. The van der Waals surface area contributed by atoms with Crippen LogP contribution in [0.15, 0.2) is 48.5 Å². The standard InChI is InChI=1S/C23H23FO6S/c24-20-10-9-19(22(25)29-15-16-31(26,27)28)17-21(20)30-23(12-5-2-6-13-23)14-11-18-7-3-1-4-8-18/h1,3-4,7-10,17H,2,5-6,12-13,15-16H2,(H,26,27,28)/p-1. The Kier molecular flexibility index (Phi) is 7.31. The molecule has 0 amide bonds. The first-order valence-electron chi connectivity index (χ1n) is 9.94. The van der Waals surface area contributed by atoms with Gasteiger partial charge in [-0.3, -0.25) is 0 Å². The van der Waals surface area contributed by atoms with Crippen molar-refractivity contribution in [3.05, 3.63) is 65.5 Å². The van der Waals surface area contributed by atoms with Crippen molar-refractivity contribution in [1.29, 1.82) is 0 Å². The maximum absolute atomic E-state index is 14.5. The van der Waals surface area contributed by atoms with Gasteiger partial charge in [0.2, 0.25) is 0 Å². The number of carbonyl (C=O) groups excluding carboxylic acids is 1. The molecule has 3 rings (SSSR count). The van der Waals surface area contributed by atoms with Gasteiger partial charge in [-0.25, -0.2) is 17.6 Å². The summed E-state index contributed by atoms with van der Waals surface area (Å²) in [6.45, 7) is -0.579. The van der Waals surface area contributed by atoms with E-state index in [2.05, 4.69) is 11.8 Å². The van der Waals surface area contributed by atoms with Crippen LogP contribution in [0.4, 0.5) is 4.39 Å². The minimum atomic E-state index is -4.50. The highest BCUT2D eigenvalue weighted by molar-refractivity contribution is 7.85. The topological polar surface area (TPSA) is 92.7 Å². The molecule has 31 heavy (non-hydrogen) atoms. The summed E-state index contributed by atoms with van der Waals surface area (Å²) in [6.07, 6.45) is 4.06. The lowest BCUT2D eigenvalue weighted by Gasteiger charge is -2.33. The molecule has 0 atom stereocenters. The molecule has 0 radical (unpaired) electrons. The second kappa shape index (κ2) is 9.94. The van der Waals surface area contributed by atoms with Crippen LogP contribution in [0.1, 0.15) is 48.0 Å². The lowest BCUT2D eigenvalue weighted by molar-refractivity contribution is 0.0524. The Morgan fingerprint density at radius 2 is 1.81 bits per heavy atom. The molecule has 2 aromatic rings. The Morgan fingerprint density at radius 1 is 1.10 bits per heavy atom. The van der Waals surface area contributed by atoms with E-state index < -0.39 is 39.9 Å². The number of carbonyl (C=O) groups is 1. The van der Waals surface area contributed by atoms with Gasteiger partial charge in [-0.05, 0) is 56.0 Å². The van der Waals surface area contributed by atoms with Crippen LogP contribution < -0.4 is 4.74 Å². The molecule has 0 spiro atoms. The minimum absolute atomic E-state index is 0.0123. The normalized spacial score (nSPS) is 15.4. The van der Waals surface area contributed by atoms with Gasteiger partial charge in [0, 0.05) is 5.56 Å². The number of halogens is 1. The molecule has 0 aromatic heterocycles. The molecule has 164 valence electrons. The van der Waals surface area contributed by atoms with E-state index in [0.717, 1.165) is 30.9 Å². The first-order valence-corrected chi connectivity index (χ1v) is 11.5. The maximum atomic E-state index is 14.5. The molecule has 8 heteroatoms. The summed E-state index contributed by atoms with van der Waals surface area (Å²) in [4.78, 5) is 12.2. The molecule has 0 bridgehead atoms. The highest BCUT2D eigenvalue weighted by atomic mass is 32.2. The Hall–Kier alpha value is -2.89. The van der Waals surface area contributed by atoms with Crippen molar-refractivity contribution in [3.8, 4) is 17.6 Å². The molecular formula is C23H22FO6S-. The highest BCUT2D eigenvalue weighted by Gasteiger charge is 2.33. The van der Waals surface area contributed by atoms with Gasteiger partial charge in [0.15, 0.2) is 17.2 Å². The van der Waals surface area contributed by atoms with Gasteiger partial charge < -0.3 is 14.0 Å². The van der Waals surface area contributed by atoms with Crippen LogP contribution in [0.2, 0.25) is 0 Å². The van der Waals surface area contributed by atoms with Gasteiger partial charge in [0.05, 0.1) is 21.4 Å². The molecule has 0 unspecified atom stereocenters. The van der Waals surface area contributed by atoms with Crippen LogP contribution in [0.5, 0.6) is 5.75 Å². The zero-order chi connectivity index (χ0) is 22.3. The summed E-state index contributed by atoms with van der Waals surface area (Å²) < 4.78 is 57.2. The summed E-state index contributed by atoms with van der Waals surface area (Å²) in [5.74, 6) is 3.79. The van der Waals surface area contributed by atoms with E-state index in [1.54, 1.807) is 0 Å². The summed E-state index contributed by atoms with van der Waals surface area (Å²) in [6, 6.07) is 12.9. The summed E-state index contributed by atoms with van der Waals surface area (Å²) >= 11 is 0. The van der Waals surface area contributed by atoms with E-state index in [4.69, 9.17) is 9.47 Å². The van der Waals surface area contributed by atoms with Crippen molar-refractivity contribution in [2.45, 2.75) is 37.7 Å². The first-order chi connectivity index (χ1) is 14.8. The van der Waals surface area contributed by atoms with Crippen molar-refractivity contribution >= 4 is 16.1 Å². The fourth-order valence-corrected chi connectivity index (χ4v) is 3.61.